The van der Waals surface area contributed by atoms with Gasteiger partial charge >= 0.3 is 0 Å². The van der Waals surface area contributed by atoms with Gasteiger partial charge in [0.2, 0.25) is 0 Å². The molecule has 20 heavy (non-hydrogen) atoms. The van der Waals surface area contributed by atoms with Gasteiger partial charge in [-0.1, -0.05) is 6.07 Å². The van der Waals surface area contributed by atoms with Crippen LogP contribution >= 0.6 is 24.0 Å². The molecule has 1 aromatic rings. The number of alkyl halides is 1. The van der Waals surface area contributed by atoms with Crippen LogP contribution < -0.4 is 11.1 Å². The molecule has 0 aromatic heterocycles. The van der Waals surface area contributed by atoms with E-state index in [-0.39, 0.29) is 42.2 Å². The van der Waals surface area contributed by atoms with Crippen molar-refractivity contribution >= 4 is 45.4 Å². The van der Waals surface area contributed by atoms with Crippen LogP contribution in [0.3, 0.4) is 0 Å². The van der Waals surface area contributed by atoms with E-state index < -0.39 is 9.84 Å². The monoisotopic (exact) mass is 340 g/mol. The van der Waals surface area contributed by atoms with Crippen LogP contribution in [-0.2, 0) is 9.84 Å². The Bertz CT molecular complexity index is 562. The number of anilines is 1. The summed E-state index contributed by atoms with van der Waals surface area (Å²) in [6, 6.07) is 4.96. The molecule has 0 heterocycles. The van der Waals surface area contributed by atoms with Crippen LogP contribution in [0, 0.1) is 6.92 Å². The third kappa shape index (κ3) is 5.98. The highest BCUT2D eigenvalue weighted by atomic mass is 35.5. The number of halogens is 2. The molecule has 8 heteroatoms. The summed E-state index contributed by atoms with van der Waals surface area (Å²) in [5, 5.41) is 2.54. The summed E-state index contributed by atoms with van der Waals surface area (Å²) in [6.07, 6.45) is 0. The largest absolute Gasteiger partial charge is 0.398 e. The standard InChI is InChI=1S/C12H17ClN2O3S.ClH/c1-9-2-3-10(8-11(9)14)12(16)15-5-7-19(17,18)6-4-13;/h2-3,8H,4-7,14H2,1H3,(H,15,16);1H. The van der Waals surface area contributed by atoms with E-state index in [1.165, 1.54) is 0 Å². The molecule has 0 spiro atoms. The second-order valence-electron chi connectivity index (χ2n) is 4.17. The number of carbonyl (C=O) groups is 1. The summed E-state index contributed by atoms with van der Waals surface area (Å²) in [4.78, 5) is 11.8. The highest BCUT2D eigenvalue weighted by Gasteiger charge is 2.11. The molecule has 0 bridgehead atoms. The molecule has 0 saturated heterocycles. The van der Waals surface area contributed by atoms with Crippen molar-refractivity contribution < 1.29 is 13.2 Å². The highest BCUT2D eigenvalue weighted by Crippen LogP contribution is 2.12. The Kier molecular flexibility index (Phi) is 7.93. The third-order valence-corrected chi connectivity index (χ3v) is 4.69. The number of rotatable bonds is 6. The molecule has 0 unspecified atom stereocenters. The van der Waals surface area contributed by atoms with Gasteiger partial charge in [-0.05, 0) is 24.6 Å². The van der Waals surface area contributed by atoms with E-state index in [9.17, 15) is 13.2 Å². The smallest absolute Gasteiger partial charge is 0.251 e. The zero-order valence-corrected chi connectivity index (χ0v) is 13.4. The summed E-state index contributed by atoms with van der Waals surface area (Å²) in [5.41, 5.74) is 7.54. The van der Waals surface area contributed by atoms with Crippen LogP contribution in [0.2, 0.25) is 0 Å². The molecular formula is C12H18Cl2N2O3S. The second-order valence-corrected chi connectivity index (χ2v) is 6.85. The van der Waals surface area contributed by atoms with Crippen molar-refractivity contribution in [2.45, 2.75) is 6.92 Å². The average Bonchev–Trinajstić information content (AvgIpc) is 2.32. The molecule has 0 fully saturated rings. The van der Waals surface area contributed by atoms with Crippen LogP contribution in [0.25, 0.3) is 0 Å². The number of hydrogen-bond donors (Lipinski definition) is 2. The average molecular weight is 341 g/mol. The molecule has 1 aromatic carbocycles. The molecule has 1 rings (SSSR count). The number of benzene rings is 1. The van der Waals surface area contributed by atoms with E-state index in [1.54, 1.807) is 18.2 Å². The fraction of sp³-hybridized carbons (Fsp3) is 0.417. The Morgan fingerprint density at radius 2 is 2.00 bits per heavy atom. The number of nitrogen functional groups attached to an aromatic ring is 1. The van der Waals surface area contributed by atoms with Crippen molar-refractivity contribution in [3.05, 3.63) is 29.3 Å². The van der Waals surface area contributed by atoms with Crippen molar-refractivity contribution in [3.63, 3.8) is 0 Å². The van der Waals surface area contributed by atoms with E-state index in [4.69, 9.17) is 17.3 Å². The SMILES string of the molecule is Cc1ccc(C(=O)NCCS(=O)(=O)CCCl)cc1N.Cl. The van der Waals surface area contributed by atoms with Gasteiger partial charge in [0.15, 0.2) is 9.84 Å². The first-order valence-electron chi connectivity index (χ1n) is 5.76. The first-order chi connectivity index (χ1) is 8.85. The maximum absolute atomic E-state index is 11.8. The molecule has 5 nitrogen and oxygen atoms in total. The van der Waals surface area contributed by atoms with Gasteiger partial charge in [0.1, 0.15) is 0 Å². The maximum atomic E-state index is 11.8. The lowest BCUT2D eigenvalue weighted by Gasteiger charge is -2.07. The molecule has 114 valence electrons. The number of hydrogen-bond acceptors (Lipinski definition) is 4. The zero-order chi connectivity index (χ0) is 14.5. The molecular weight excluding hydrogens is 323 g/mol. The fourth-order valence-corrected chi connectivity index (χ4v) is 2.98. The number of carbonyl (C=O) groups excluding carboxylic acids is 1. The number of nitrogens with one attached hydrogen (secondary N) is 1. The van der Waals surface area contributed by atoms with Crippen LogP contribution in [0.4, 0.5) is 5.69 Å². The summed E-state index contributed by atoms with van der Waals surface area (Å²) >= 11 is 5.38. The summed E-state index contributed by atoms with van der Waals surface area (Å²) in [6.45, 7) is 1.90. The summed E-state index contributed by atoms with van der Waals surface area (Å²) in [5.74, 6) is -0.479. The van der Waals surface area contributed by atoms with E-state index in [0.29, 0.717) is 11.3 Å². The minimum Gasteiger partial charge on any atom is -0.398 e. The lowest BCUT2D eigenvalue weighted by molar-refractivity contribution is 0.0956. The van der Waals surface area contributed by atoms with Crippen LogP contribution in [0.1, 0.15) is 15.9 Å². The van der Waals surface area contributed by atoms with Crippen molar-refractivity contribution in [2.75, 3.05) is 29.7 Å². The minimum absolute atomic E-state index is 0. The number of aryl methyl sites for hydroxylation is 1. The number of sulfone groups is 1. The Hall–Kier alpha value is -0.980. The van der Waals surface area contributed by atoms with Crippen LogP contribution in [0.5, 0.6) is 0 Å². The molecule has 0 saturated carbocycles. The summed E-state index contributed by atoms with van der Waals surface area (Å²) < 4.78 is 22.8. The van der Waals surface area contributed by atoms with Gasteiger partial charge in [0.25, 0.3) is 5.91 Å². The number of nitrogens with two attached hydrogens (primary N) is 1. The van der Waals surface area contributed by atoms with E-state index in [1.807, 2.05) is 6.92 Å². The fourth-order valence-electron chi connectivity index (χ4n) is 1.42. The molecule has 0 atom stereocenters. The molecule has 0 aliphatic carbocycles. The summed E-state index contributed by atoms with van der Waals surface area (Å²) in [7, 11) is -3.20. The van der Waals surface area contributed by atoms with Crippen molar-refractivity contribution in [1.82, 2.24) is 5.32 Å². The Morgan fingerprint density at radius 3 is 2.55 bits per heavy atom. The van der Waals surface area contributed by atoms with Gasteiger partial charge in [-0.2, -0.15) is 0 Å². The van der Waals surface area contributed by atoms with Gasteiger partial charge in [-0.25, -0.2) is 8.42 Å². The first kappa shape index (κ1) is 19.0. The minimum atomic E-state index is -3.20. The van der Waals surface area contributed by atoms with Crippen LogP contribution in [0.15, 0.2) is 18.2 Å². The zero-order valence-electron chi connectivity index (χ0n) is 11.1. The lowest BCUT2D eigenvalue weighted by Crippen LogP contribution is -2.30. The van der Waals surface area contributed by atoms with E-state index >= 15 is 0 Å². The normalized spacial score (nSPS) is 10.7. The topological polar surface area (TPSA) is 89.3 Å². The molecule has 0 aliphatic rings. The van der Waals surface area contributed by atoms with Gasteiger partial charge < -0.3 is 11.1 Å². The maximum Gasteiger partial charge on any atom is 0.251 e. The number of amides is 1. The highest BCUT2D eigenvalue weighted by molar-refractivity contribution is 7.91. The Morgan fingerprint density at radius 1 is 1.35 bits per heavy atom. The Labute approximate surface area is 130 Å². The third-order valence-electron chi connectivity index (χ3n) is 2.63. The lowest BCUT2D eigenvalue weighted by atomic mass is 10.1. The van der Waals surface area contributed by atoms with E-state index in [0.717, 1.165) is 5.56 Å². The van der Waals surface area contributed by atoms with Crippen molar-refractivity contribution in [2.24, 2.45) is 0 Å². The second kappa shape index (κ2) is 8.34. The molecule has 3 N–H and O–H groups in total. The van der Waals surface area contributed by atoms with Crippen LogP contribution in [-0.4, -0.2) is 38.3 Å². The molecule has 0 aliphatic heterocycles. The Balaban J connectivity index is 0.00000361. The van der Waals surface area contributed by atoms with E-state index in [2.05, 4.69) is 5.32 Å². The quantitative estimate of drug-likeness (QED) is 0.604. The first-order valence-corrected chi connectivity index (χ1v) is 8.12. The van der Waals surface area contributed by atoms with Gasteiger partial charge in [-0.3, -0.25) is 4.79 Å². The van der Waals surface area contributed by atoms with Crippen molar-refractivity contribution in [3.8, 4) is 0 Å². The van der Waals surface area contributed by atoms with Gasteiger partial charge in [0, 0.05) is 23.7 Å². The molecule has 0 radical (unpaired) electrons. The van der Waals surface area contributed by atoms with Gasteiger partial charge in [0.05, 0.1) is 11.5 Å². The van der Waals surface area contributed by atoms with Crippen molar-refractivity contribution in [1.29, 1.82) is 0 Å². The predicted octanol–water partition coefficient (Wildman–Crippen LogP) is 1.38. The van der Waals surface area contributed by atoms with Gasteiger partial charge in [-0.15, -0.1) is 24.0 Å². The predicted molar refractivity (Wildman–Crippen MR) is 84.5 cm³/mol. The molecule has 1 amide bonds.